The van der Waals surface area contributed by atoms with Crippen molar-refractivity contribution >= 4 is 23.7 Å². The Morgan fingerprint density at radius 3 is 2.61 bits per heavy atom. The Balaban J connectivity index is 1.74. The molecule has 1 aromatic rings. The number of carbonyl (C=O) groups excluding carboxylic acids is 3. The minimum Gasteiger partial charge on any atom is -0.481 e. The van der Waals surface area contributed by atoms with Crippen molar-refractivity contribution in [3.8, 4) is 0 Å². The molecule has 0 spiro atoms. The highest BCUT2D eigenvalue weighted by Crippen LogP contribution is 2.16. The number of nitrogens with zero attached hydrogens (tertiary/aromatic N) is 1. The number of amides is 3. The number of rotatable bonds is 7. The van der Waals surface area contributed by atoms with Gasteiger partial charge >= 0.3 is 5.97 Å². The van der Waals surface area contributed by atoms with Gasteiger partial charge in [-0.2, -0.15) is 0 Å². The monoisotopic (exact) mass is 388 g/mol. The van der Waals surface area contributed by atoms with E-state index in [1.165, 1.54) is 4.90 Å². The lowest BCUT2D eigenvalue weighted by Crippen LogP contribution is -2.66. The minimum absolute atomic E-state index is 0.0266. The predicted molar refractivity (Wildman–Crippen MR) is 99.0 cm³/mol. The molecule has 0 aromatic heterocycles. The summed E-state index contributed by atoms with van der Waals surface area (Å²) in [5.74, 6) is -2.31. The third-order valence-electron chi connectivity index (χ3n) is 5.00. The molecule has 1 aromatic carbocycles. The van der Waals surface area contributed by atoms with E-state index in [9.17, 15) is 19.2 Å². The standard InChI is InChI=1S/C19H24N4O5/c24-16(25)9-14-19(28)23(11-12-5-2-1-3-6-12)15(18(27)22-14)10-21-17(26)13-7-4-8-20-13/h1-3,5-6,13-15,20H,4,7-11H2,(H,21,26)(H,22,27)(H,24,25)/t13-,14+,15-/m1/s1. The van der Waals surface area contributed by atoms with Gasteiger partial charge in [-0.15, -0.1) is 0 Å². The molecule has 9 heteroatoms. The van der Waals surface area contributed by atoms with Gasteiger partial charge in [-0.1, -0.05) is 30.3 Å². The number of carbonyl (C=O) groups is 4. The van der Waals surface area contributed by atoms with Gasteiger partial charge in [-0.05, 0) is 24.9 Å². The van der Waals surface area contributed by atoms with Gasteiger partial charge in [-0.3, -0.25) is 19.2 Å². The number of aliphatic carboxylic acids is 1. The van der Waals surface area contributed by atoms with Gasteiger partial charge in [0.2, 0.25) is 17.7 Å². The van der Waals surface area contributed by atoms with Gasteiger partial charge in [0.1, 0.15) is 12.1 Å². The lowest BCUT2D eigenvalue weighted by atomic mass is 10.0. The Kier molecular flexibility index (Phi) is 6.25. The van der Waals surface area contributed by atoms with Crippen LogP contribution in [0.25, 0.3) is 0 Å². The van der Waals surface area contributed by atoms with E-state index in [2.05, 4.69) is 16.0 Å². The number of nitrogens with one attached hydrogen (secondary N) is 3. The van der Waals surface area contributed by atoms with Crippen molar-refractivity contribution in [3.05, 3.63) is 35.9 Å². The molecule has 4 N–H and O–H groups in total. The summed E-state index contributed by atoms with van der Waals surface area (Å²) in [6, 6.07) is 6.83. The Morgan fingerprint density at radius 1 is 1.21 bits per heavy atom. The fourth-order valence-electron chi connectivity index (χ4n) is 3.54. The zero-order valence-electron chi connectivity index (χ0n) is 15.4. The van der Waals surface area contributed by atoms with Crippen molar-refractivity contribution in [1.82, 2.24) is 20.9 Å². The second kappa shape index (κ2) is 8.83. The minimum atomic E-state index is -1.17. The summed E-state index contributed by atoms with van der Waals surface area (Å²) in [4.78, 5) is 50.1. The first-order valence-electron chi connectivity index (χ1n) is 9.33. The highest BCUT2D eigenvalue weighted by Gasteiger charge is 2.41. The highest BCUT2D eigenvalue weighted by atomic mass is 16.4. The normalized spacial score (nSPS) is 24.7. The molecule has 0 aliphatic carbocycles. The SMILES string of the molecule is O=C(O)C[C@@H]1NC(=O)[C@@H](CNC(=O)[C@H]2CCCN2)N(Cc2ccccc2)C1=O. The molecule has 0 bridgehead atoms. The topological polar surface area (TPSA) is 128 Å². The van der Waals surface area contributed by atoms with Crippen LogP contribution in [0, 0.1) is 0 Å². The number of hydrogen-bond donors (Lipinski definition) is 4. The van der Waals surface area contributed by atoms with E-state index in [1.54, 1.807) is 0 Å². The van der Waals surface area contributed by atoms with Crippen molar-refractivity contribution in [2.75, 3.05) is 13.1 Å². The zero-order valence-corrected chi connectivity index (χ0v) is 15.4. The second-order valence-electron chi connectivity index (χ2n) is 7.02. The van der Waals surface area contributed by atoms with Gasteiger partial charge < -0.3 is 26.0 Å². The van der Waals surface area contributed by atoms with Crippen molar-refractivity contribution in [3.63, 3.8) is 0 Å². The first-order valence-corrected chi connectivity index (χ1v) is 9.33. The molecule has 0 radical (unpaired) electrons. The summed E-state index contributed by atoms with van der Waals surface area (Å²) in [6.07, 6.45) is 1.16. The van der Waals surface area contributed by atoms with E-state index in [-0.39, 0.29) is 25.0 Å². The first kappa shape index (κ1) is 19.8. The summed E-state index contributed by atoms with van der Waals surface area (Å²) in [7, 11) is 0. The van der Waals surface area contributed by atoms with Crippen molar-refractivity contribution in [1.29, 1.82) is 0 Å². The average Bonchev–Trinajstić information content (AvgIpc) is 3.20. The fraction of sp³-hybridized carbons (Fsp3) is 0.474. The Hall–Kier alpha value is -2.94. The number of carboxylic acid groups (broad SMARTS) is 1. The molecule has 28 heavy (non-hydrogen) atoms. The maximum atomic E-state index is 12.8. The summed E-state index contributed by atoms with van der Waals surface area (Å²) < 4.78 is 0. The molecule has 9 nitrogen and oxygen atoms in total. The van der Waals surface area contributed by atoms with Crippen LogP contribution in [-0.2, 0) is 25.7 Å². The Morgan fingerprint density at radius 2 is 1.96 bits per heavy atom. The molecule has 2 fully saturated rings. The maximum absolute atomic E-state index is 12.8. The van der Waals surface area contributed by atoms with E-state index in [0.717, 1.165) is 24.9 Å². The summed E-state index contributed by atoms with van der Waals surface area (Å²) >= 11 is 0. The maximum Gasteiger partial charge on any atom is 0.305 e. The third kappa shape index (κ3) is 4.66. The van der Waals surface area contributed by atoms with Crippen LogP contribution in [0.3, 0.4) is 0 Å². The molecular formula is C19H24N4O5. The molecule has 0 unspecified atom stereocenters. The molecule has 0 saturated carbocycles. The molecule has 2 saturated heterocycles. The molecule has 150 valence electrons. The van der Waals surface area contributed by atoms with Gasteiger partial charge in [0, 0.05) is 13.1 Å². The zero-order chi connectivity index (χ0) is 20.1. The molecule has 2 aliphatic heterocycles. The van der Waals surface area contributed by atoms with Crippen LogP contribution in [-0.4, -0.2) is 64.9 Å². The first-order chi connectivity index (χ1) is 13.5. The smallest absolute Gasteiger partial charge is 0.305 e. The van der Waals surface area contributed by atoms with Gasteiger partial charge in [0.15, 0.2) is 0 Å². The molecule has 3 rings (SSSR count). The second-order valence-corrected chi connectivity index (χ2v) is 7.02. The van der Waals surface area contributed by atoms with Gasteiger partial charge in [0.05, 0.1) is 12.5 Å². The van der Waals surface area contributed by atoms with Crippen molar-refractivity contribution < 1.29 is 24.3 Å². The van der Waals surface area contributed by atoms with E-state index in [1.807, 2.05) is 30.3 Å². The number of carboxylic acids is 1. The lowest BCUT2D eigenvalue weighted by Gasteiger charge is -2.38. The van der Waals surface area contributed by atoms with Crippen LogP contribution in [0.15, 0.2) is 30.3 Å². The van der Waals surface area contributed by atoms with Crippen LogP contribution in [0.4, 0.5) is 0 Å². The van der Waals surface area contributed by atoms with Crippen LogP contribution in [0.1, 0.15) is 24.8 Å². The van der Waals surface area contributed by atoms with Crippen LogP contribution in [0.5, 0.6) is 0 Å². The fourth-order valence-corrected chi connectivity index (χ4v) is 3.54. The van der Waals surface area contributed by atoms with E-state index in [0.29, 0.717) is 0 Å². The van der Waals surface area contributed by atoms with E-state index < -0.39 is 36.3 Å². The predicted octanol–water partition coefficient (Wildman–Crippen LogP) is -0.775. The Labute approximate surface area is 162 Å². The Bertz CT molecular complexity index is 748. The highest BCUT2D eigenvalue weighted by molar-refractivity contribution is 5.99. The quantitative estimate of drug-likeness (QED) is 0.485. The molecule has 2 aliphatic rings. The largest absolute Gasteiger partial charge is 0.481 e. The van der Waals surface area contributed by atoms with Gasteiger partial charge in [0.25, 0.3) is 0 Å². The van der Waals surface area contributed by atoms with Crippen LogP contribution in [0.2, 0.25) is 0 Å². The molecule has 3 amide bonds. The van der Waals surface area contributed by atoms with E-state index in [4.69, 9.17) is 5.11 Å². The summed E-state index contributed by atoms with van der Waals surface area (Å²) in [5.41, 5.74) is 0.813. The number of benzene rings is 1. The van der Waals surface area contributed by atoms with Crippen molar-refractivity contribution in [2.24, 2.45) is 0 Å². The molecular weight excluding hydrogens is 364 g/mol. The third-order valence-corrected chi connectivity index (χ3v) is 5.00. The summed E-state index contributed by atoms with van der Waals surface area (Å²) in [5, 5.41) is 17.3. The number of hydrogen-bond acceptors (Lipinski definition) is 5. The van der Waals surface area contributed by atoms with Crippen molar-refractivity contribution in [2.45, 2.75) is 43.9 Å². The average molecular weight is 388 g/mol. The van der Waals surface area contributed by atoms with Crippen LogP contribution < -0.4 is 16.0 Å². The van der Waals surface area contributed by atoms with Crippen LogP contribution >= 0.6 is 0 Å². The molecule has 2 heterocycles. The summed E-state index contributed by atoms with van der Waals surface area (Å²) in [6.45, 7) is 0.907. The lowest BCUT2D eigenvalue weighted by molar-refractivity contribution is -0.153. The molecule has 3 atom stereocenters. The number of piperazine rings is 1. The van der Waals surface area contributed by atoms with Gasteiger partial charge in [-0.25, -0.2) is 0 Å². The van der Waals surface area contributed by atoms with E-state index >= 15 is 0 Å².